The Morgan fingerprint density at radius 2 is 1.89 bits per heavy atom. The molecule has 0 bridgehead atoms. The first-order chi connectivity index (χ1) is 9.31. The number of ether oxygens (including phenoxy) is 1. The highest BCUT2D eigenvalue weighted by Gasteiger charge is 2.44. The molecule has 94 valence electrons. The fourth-order valence-electron chi connectivity index (χ4n) is 3.52. The first-order valence-electron chi connectivity index (χ1n) is 6.77. The Kier molecular flexibility index (Phi) is 2.14. The van der Waals surface area contributed by atoms with Gasteiger partial charge in [0, 0.05) is 11.0 Å². The summed E-state index contributed by atoms with van der Waals surface area (Å²) in [5.74, 6) is 1.07. The van der Waals surface area contributed by atoms with Crippen LogP contribution in [0.4, 0.5) is 0 Å². The third-order valence-electron chi connectivity index (χ3n) is 4.49. The second kappa shape index (κ2) is 3.74. The van der Waals surface area contributed by atoms with Crippen molar-refractivity contribution in [3.05, 3.63) is 71.3 Å². The highest BCUT2D eigenvalue weighted by atomic mass is 16.5. The van der Waals surface area contributed by atoms with E-state index in [-0.39, 0.29) is 5.41 Å². The Hall–Kier alpha value is -2.02. The van der Waals surface area contributed by atoms with Gasteiger partial charge in [-0.05, 0) is 35.6 Å². The molecule has 0 unspecified atom stereocenters. The fourth-order valence-corrected chi connectivity index (χ4v) is 3.52. The average Bonchev–Trinajstić information content (AvgIpc) is 3.00. The van der Waals surface area contributed by atoms with E-state index < -0.39 is 0 Å². The standard InChI is InChI=1S/C18H16O/c1-2-13-7-8-14-10-18(11-15(14)9-13)12-19-17-6-4-3-5-16(17)18/h2-9H,1,10-12H2/t18-/m0/s1. The minimum absolute atomic E-state index is 0.165. The van der Waals surface area contributed by atoms with E-state index in [4.69, 9.17) is 4.74 Å². The van der Waals surface area contributed by atoms with Gasteiger partial charge in [0.2, 0.25) is 0 Å². The van der Waals surface area contributed by atoms with E-state index in [1.807, 2.05) is 6.08 Å². The van der Waals surface area contributed by atoms with Crippen LogP contribution >= 0.6 is 0 Å². The van der Waals surface area contributed by atoms with Crippen LogP contribution in [0.1, 0.15) is 22.3 Å². The molecule has 2 aromatic carbocycles. The maximum atomic E-state index is 5.90. The second-order valence-electron chi connectivity index (χ2n) is 5.65. The highest BCUT2D eigenvalue weighted by molar-refractivity contribution is 5.55. The topological polar surface area (TPSA) is 9.23 Å². The predicted octanol–water partition coefficient (Wildman–Crippen LogP) is 3.76. The van der Waals surface area contributed by atoms with E-state index >= 15 is 0 Å². The van der Waals surface area contributed by atoms with Gasteiger partial charge in [0.15, 0.2) is 0 Å². The number of hydrogen-bond acceptors (Lipinski definition) is 1. The lowest BCUT2D eigenvalue weighted by molar-refractivity contribution is 0.271. The van der Waals surface area contributed by atoms with Crippen LogP contribution in [-0.4, -0.2) is 6.61 Å². The van der Waals surface area contributed by atoms with Crippen LogP contribution in [0.2, 0.25) is 0 Å². The monoisotopic (exact) mass is 248 g/mol. The SMILES string of the molecule is C=Cc1ccc2c(c1)C[C@]1(COc3ccccc31)C2. The van der Waals surface area contributed by atoms with Crippen LogP contribution in [0.5, 0.6) is 5.75 Å². The molecular formula is C18H16O. The summed E-state index contributed by atoms with van der Waals surface area (Å²) in [7, 11) is 0. The molecule has 1 nitrogen and oxygen atoms in total. The fraction of sp³-hybridized carbons (Fsp3) is 0.222. The molecule has 0 saturated heterocycles. The molecule has 1 atom stereocenters. The smallest absolute Gasteiger partial charge is 0.123 e. The summed E-state index contributed by atoms with van der Waals surface area (Å²) in [5.41, 5.74) is 5.68. The number of benzene rings is 2. The van der Waals surface area contributed by atoms with Gasteiger partial charge >= 0.3 is 0 Å². The van der Waals surface area contributed by atoms with Crippen molar-refractivity contribution in [2.45, 2.75) is 18.3 Å². The molecule has 2 aromatic rings. The molecular weight excluding hydrogens is 232 g/mol. The lowest BCUT2D eigenvalue weighted by atomic mass is 9.80. The summed E-state index contributed by atoms with van der Waals surface area (Å²) in [6.07, 6.45) is 4.10. The zero-order chi connectivity index (χ0) is 12.9. The molecule has 0 amide bonds. The van der Waals surface area contributed by atoms with Gasteiger partial charge in [0.1, 0.15) is 5.75 Å². The summed E-state index contributed by atoms with van der Waals surface area (Å²) in [5, 5.41) is 0. The van der Waals surface area contributed by atoms with Crippen LogP contribution in [0.15, 0.2) is 49.0 Å². The minimum Gasteiger partial charge on any atom is -0.492 e. The van der Waals surface area contributed by atoms with E-state index in [0.29, 0.717) is 0 Å². The van der Waals surface area contributed by atoms with Crippen LogP contribution < -0.4 is 4.74 Å². The van der Waals surface area contributed by atoms with Gasteiger partial charge in [-0.15, -0.1) is 0 Å². The number of fused-ring (bicyclic) bond motifs is 3. The van der Waals surface area contributed by atoms with Gasteiger partial charge in [-0.2, -0.15) is 0 Å². The quantitative estimate of drug-likeness (QED) is 0.746. The van der Waals surface area contributed by atoms with Gasteiger partial charge < -0.3 is 4.74 Å². The van der Waals surface area contributed by atoms with Crippen molar-refractivity contribution in [1.29, 1.82) is 0 Å². The van der Waals surface area contributed by atoms with Gasteiger partial charge in [0.05, 0.1) is 6.61 Å². The summed E-state index contributed by atoms with van der Waals surface area (Å²) >= 11 is 0. The van der Waals surface area contributed by atoms with E-state index in [2.05, 4.69) is 49.0 Å². The maximum absolute atomic E-state index is 5.90. The summed E-state index contributed by atoms with van der Waals surface area (Å²) in [6.45, 7) is 4.67. The van der Waals surface area contributed by atoms with Crippen molar-refractivity contribution in [1.82, 2.24) is 0 Å². The molecule has 19 heavy (non-hydrogen) atoms. The van der Waals surface area contributed by atoms with Gasteiger partial charge in [-0.1, -0.05) is 49.1 Å². The van der Waals surface area contributed by atoms with Gasteiger partial charge in [-0.3, -0.25) is 0 Å². The zero-order valence-corrected chi connectivity index (χ0v) is 10.9. The normalized spacial score (nSPS) is 22.9. The third kappa shape index (κ3) is 1.48. The lowest BCUT2D eigenvalue weighted by Gasteiger charge is -2.21. The Morgan fingerprint density at radius 1 is 1.05 bits per heavy atom. The van der Waals surface area contributed by atoms with Crippen molar-refractivity contribution in [2.24, 2.45) is 0 Å². The average molecular weight is 248 g/mol. The molecule has 1 aliphatic carbocycles. The summed E-state index contributed by atoms with van der Waals surface area (Å²) in [6, 6.07) is 15.2. The molecule has 1 heterocycles. The molecule has 4 rings (SSSR count). The first kappa shape index (κ1) is 10.9. The molecule has 0 aromatic heterocycles. The Balaban J connectivity index is 1.80. The van der Waals surface area contributed by atoms with Crippen LogP contribution in [-0.2, 0) is 18.3 Å². The second-order valence-corrected chi connectivity index (χ2v) is 5.65. The molecule has 0 saturated carbocycles. The van der Waals surface area contributed by atoms with E-state index in [1.54, 1.807) is 0 Å². The van der Waals surface area contributed by atoms with Crippen molar-refractivity contribution >= 4 is 6.08 Å². The van der Waals surface area contributed by atoms with Gasteiger partial charge in [0.25, 0.3) is 0 Å². The summed E-state index contributed by atoms with van der Waals surface area (Å²) in [4.78, 5) is 0. The van der Waals surface area contributed by atoms with E-state index in [0.717, 1.165) is 25.2 Å². The predicted molar refractivity (Wildman–Crippen MR) is 77.6 cm³/mol. The Labute approximate surface area is 113 Å². The lowest BCUT2D eigenvalue weighted by Crippen LogP contribution is -2.28. The molecule has 1 heteroatoms. The molecule has 0 fully saturated rings. The zero-order valence-electron chi connectivity index (χ0n) is 10.9. The molecule has 1 spiro atoms. The largest absolute Gasteiger partial charge is 0.492 e. The van der Waals surface area contributed by atoms with Crippen LogP contribution in [0.3, 0.4) is 0 Å². The number of rotatable bonds is 1. The maximum Gasteiger partial charge on any atom is 0.123 e. The first-order valence-corrected chi connectivity index (χ1v) is 6.77. The Morgan fingerprint density at radius 3 is 2.79 bits per heavy atom. The summed E-state index contributed by atoms with van der Waals surface area (Å²) < 4.78 is 5.90. The van der Waals surface area contributed by atoms with Crippen molar-refractivity contribution in [2.75, 3.05) is 6.61 Å². The highest BCUT2D eigenvalue weighted by Crippen LogP contribution is 2.47. The minimum atomic E-state index is 0.165. The third-order valence-corrected chi connectivity index (χ3v) is 4.49. The van der Waals surface area contributed by atoms with Crippen molar-refractivity contribution in [3.8, 4) is 5.75 Å². The van der Waals surface area contributed by atoms with E-state index in [9.17, 15) is 0 Å². The molecule has 1 aliphatic heterocycles. The van der Waals surface area contributed by atoms with Gasteiger partial charge in [-0.25, -0.2) is 0 Å². The van der Waals surface area contributed by atoms with Crippen LogP contribution in [0.25, 0.3) is 6.08 Å². The molecule has 0 N–H and O–H groups in total. The van der Waals surface area contributed by atoms with E-state index in [1.165, 1.54) is 22.3 Å². The van der Waals surface area contributed by atoms with Crippen molar-refractivity contribution in [3.63, 3.8) is 0 Å². The molecule has 0 radical (unpaired) electrons. The Bertz CT molecular complexity index is 671. The van der Waals surface area contributed by atoms with Crippen molar-refractivity contribution < 1.29 is 4.74 Å². The van der Waals surface area contributed by atoms with Crippen LogP contribution in [0, 0.1) is 0 Å². The molecule has 2 aliphatic rings. The number of hydrogen-bond donors (Lipinski definition) is 0. The number of para-hydroxylation sites is 1.